The molecule has 0 heterocycles. The van der Waals surface area contributed by atoms with Gasteiger partial charge in [-0.1, -0.05) is 0 Å². The largest absolute Gasteiger partial charge is 0.432 e. The summed E-state index contributed by atoms with van der Waals surface area (Å²) < 4.78 is 40.7. The second kappa shape index (κ2) is 5.75. The Kier molecular flexibility index (Phi) is 4.61. The first-order valence-corrected chi connectivity index (χ1v) is 4.91. The third kappa shape index (κ3) is 3.41. The molecule has 0 saturated heterocycles. The van der Waals surface area contributed by atoms with Gasteiger partial charge in [-0.05, 0) is 18.2 Å². The standard InChI is InChI=1S/C10H8ClF3O2/c11-4-3-8(15)6-1-2-7(12)9(5-6)16-10(13)14/h1-2,5,10H,3-4H2. The highest BCUT2D eigenvalue weighted by Crippen LogP contribution is 2.21. The molecule has 0 N–H and O–H groups in total. The lowest BCUT2D eigenvalue weighted by Gasteiger charge is -2.07. The molecule has 0 spiro atoms. The average Bonchev–Trinajstić information content (AvgIpc) is 2.21. The van der Waals surface area contributed by atoms with Crippen molar-refractivity contribution >= 4 is 17.4 Å². The Bertz CT molecular complexity index is 382. The van der Waals surface area contributed by atoms with Crippen LogP contribution in [0.2, 0.25) is 0 Å². The molecular weight excluding hydrogens is 245 g/mol. The molecular formula is C10H8ClF3O2. The monoisotopic (exact) mass is 252 g/mol. The number of ketones is 1. The fourth-order valence-electron chi connectivity index (χ4n) is 1.09. The molecule has 0 aliphatic rings. The third-order valence-electron chi connectivity index (χ3n) is 1.79. The molecule has 0 aliphatic carbocycles. The van der Waals surface area contributed by atoms with Crippen LogP contribution in [0.25, 0.3) is 0 Å². The molecule has 1 rings (SSSR count). The molecule has 0 bridgehead atoms. The van der Waals surface area contributed by atoms with E-state index in [9.17, 15) is 18.0 Å². The molecule has 0 atom stereocenters. The highest BCUT2D eigenvalue weighted by Gasteiger charge is 2.13. The quantitative estimate of drug-likeness (QED) is 0.594. The number of benzene rings is 1. The lowest BCUT2D eigenvalue weighted by atomic mass is 10.1. The van der Waals surface area contributed by atoms with Gasteiger partial charge >= 0.3 is 6.61 Å². The van der Waals surface area contributed by atoms with Crippen LogP contribution in [0.1, 0.15) is 16.8 Å². The van der Waals surface area contributed by atoms with E-state index in [1.807, 2.05) is 0 Å². The van der Waals surface area contributed by atoms with Gasteiger partial charge in [0.05, 0.1) is 0 Å². The summed E-state index contributed by atoms with van der Waals surface area (Å²) in [6.07, 6.45) is 0.0569. The first kappa shape index (κ1) is 12.8. The predicted molar refractivity (Wildman–Crippen MR) is 52.7 cm³/mol. The Balaban J connectivity index is 2.93. The zero-order valence-corrected chi connectivity index (χ0v) is 8.81. The molecule has 1 aromatic rings. The smallest absolute Gasteiger partial charge is 0.387 e. The predicted octanol–water partition coefficient (Wildman–Crippen LogP) is 3.24. The summed E-state index contributed by atoms with van der Waals surface area (Å²) in [5.41, 5.74) is 0.0951. The number of ether oxygens (including phenoxy) is 1. The molecule has 88 valence electrons. The first-order valence-electron chi connectivity index (χ1n) is 4.38. The fraction of sp³-hybridized carbons (Fsp3) is 0.300. The van der Waals surface area contributed by atoms with Crippen LogP contribution in [0, 0.1) is 5.82 Å². The van der Waals surface area contributed by atoms with Gasteiger partial charge in [0, 0.05) is 17.9 Å². The van der Waals surface area contributed by atoms with Crippen LogP contribution in [0.15, 0.2) is 18.2 Å². The molecule has 0 unspecified atom stereocenters. The van der Waals surface area contributed by atoms with E-state index in [0.29, 0.717) is 0 Å². The number of halogens is 4. The van der Waals surface area contributed by atoms with Gasteiger partial charge in [-0.3, -0.25) is 4.79 Å². The Morgan fingerprint density at radius 1 is 1.44 bits per heavy atom. The summed E-state index contributed by atoms with van der Waals surface area (Å²) in [4.78, 5) is 11.3. The molecule has 0 fully saturated rings. The number of Topliss-reactive ketones (excluding diaryl/α,β-unsaturated/α-hetero) is 1. The maximum Gasteiger partial charge on any atom is 0.387 e. The zero-order chi connectivity index (χ0) is 12.1. The molecule has 16 heavy (non-hydrogen) atoms. The third-order valence-corrected chi connectivity index (χ3v) is 1.98. The lowest BCUT2D eigenvalue weighted by molar-refractivity contribution is -0.0522. The maximum absolute atomic E-state index is 13.0. The van der Waals surface area contributed by atoms with Crippen molar-refractivity contribution < 1.29 is 22.7 Å². The van der Waals surface area contributed by atoms with Crippen LogP contribution in [-0.4, -0.2) is 18.3 Å². The number of alkyl halides is 3. The fourth-order valence-corrected chi connectivity index (χ4v) is 1.26. The van der Waals surface area contributed by atoms with Crippen molar-refractivity contribution in [1.82, 2.24) is 0 Å². The van der Waals surface area contributed by atoms with Crippen molar-refractivity contribution in [3.05, 3.63) is 29.6 Å². The second-order valence-electron chi connectivity index (χ2n) is 2.89. The van der Waals surface area contributed by atoms with Crippen molar-refractivity contribution in [2.45, 2.75) is 13.0 Å². The number of carbonyl (C=O) groups is 1. The summed E-state index contributed by atoms with van der Waals surface area (Å²) in [6, 6.07) is 3.04. The van der Waals surface area contributed by atoms with Gasteiger partial charge < -0.3 is 4.74 Å². The highest BCUT2D eigenvalue weighted by molar-refractivity contribution is 6.19. The molecule has 0 amide bonds. The van der Waals surface area contributed by atoms with Crippen molar-refractivity contribution in [3.63, 3.8) is 0 Å². The van der Waals surface area contributed by atoms with Crippen LogP contribution in [0.5, 0.6) is 5.75 Å². The average molecular weight is 253 g/mol. The van der Waals surface area contributed by atoms with E-state index in [4.69, 9.17) is 11.6 Å². The second-order valence-corrected chi connectivity index (χ2v) is 3.26. The van der Waals surface area contributed by atoms with E-state index in [1.54, 1.807) is 0 Å². The summed E-state index contributed by atoms with van der Waals surface area (Å²) in [5, 5.41) is 0. The van der Waals surface area contributed by atoms with Crippen LogP contribution < -0.4 is 4.74 Å². The molecule has 0 aromatic heterocycles. The number of hydrogen-bond acceptors (Lipinski definition) is 2. The van der Waals surface area contributed by atoms with E-state index in [2.05, 4.69) is 4.74 Å². The SMILES string of the molecule is O=C(CCCl)c1ccc(F)c(OC(F)F)c1. The van der Waals surface area contributed by atoms with Gasteiger partial charge in [0.2, 0.25) is 0 Å². The van der Waals surface area contributed by atoms with E-state index >= 15 is 0 Å². The minimum absolute atomic E-state index is 0.0569. The molecule has 0 saturated carbocycles. The van der Waals surface area contributed by atoms with Gasteiger partial charge in [0.1, 0.15) is 0 Å². The van der Waals surface area contributed by atoms with E-state index < -0.39 is 18.2 Å². The Morgan fingerprint density at radius 3 is 2.69 bits per heavy atom. The zero-order valence-electron chi connectivity index (χ0n) is 8.05. The van der Waals surface area contributed by atoms with Crippen LogP contribution in [-0.2, 0) is 0 Å². The normalized spacial score (nSPS) is 10.6. The Morgan fingerprint density at radius 2 is 2.12 bits per heavy atom. The Labute approximate surface area is 95.0 Å². The number of hydrogen-bond donors (Lipinski definition) is 0. The number of rotatable bonds is 5. The summed E-state index contributed by atoms with van der Waals surface area (Å²) in [7, 11) is 0. The molecule has 6 heteroatoms. The van der Waals surface area contributed by atoms with E-state index in [1.165, 1.54) is 6.07 Å². The van der Waals surface area contributed by atoms with E-state index in [0.717, 1.165) is 12.1 Å². The molecule has 0 aliphatic heterocycles. The summed E-state index contributed by atoms with van der Waals surface area (Å²) >= 11 is 5.36. The van der Waals surface area contributed by atoms with Crippen molar-refractivity contribution in [2.75, 3.05) is 5.88 Å². The van der Waals surface area contributed by atoms with Crippen LogP contribution >= 0.6 is 11.6 Å². The van der Waals surface area contributed by atoms with Gasteiger partial charge in [-0.25, -0.2) is 4.39 Å². The van der Waals surface area contributed by atoms with Crippen molar-refractivity contribution in [2.24, 2.45) is 0 Å². The van der Waals surface area contributed by atoms with Crippen LogP contribution in [0.3, 0.4) is 0 Å². The molecule has 1 aromatic carbocycles. The van der Waals surface area contributed by atoms with E-state index in [-0.39, 0.29) is 23.6 Å². The van der Waals surface area contributed by atoms with Crippen LogP contribution in [0.4, 0.5) is 13.2 Å². The summed E-state index contributed by atoms with van der Waals surface area (Å²) in [6.45, 7) is -3.13. The minimum Gasteiger partial charge on any atom is -0.432 e. The minimum atomic E-state index is -3.13. The highest BCUT2D eigenvalue weighted by atomic mass is 35.5. The van der Waals surface area contributed by atoms with Crippen molar-refractivity contribution in [1.29, 1.82) is 0 Å². The topological polar surface area (TPSA) is 26.3 Å². The van der Waals surface area contributed by atoms with Gasteiger partial charge in [0.15, 0.2) is 17.3 Å². The molecule has 0 radical (unpaired) electrons. The Hall–Kier alpha value is -1.23. The lowest BCUT2D eigenvalue weighted by Crippen LogP contribution is -2.06. The van der Waals surface area contributed by atoms with Crippen molar-refractivity contribution in [3.8, 4) is 5.75 Å². The molecule has 2 nitrogen and oxygen atoms in total. The van der Waals surface area contributed by atoms with Gasteiger partial charge in [0.25, 0.3) is 0 Å². The number of carbonyl (C=O) groups excluding carboxylic acids is 1. The first-order chi connectivity index (χ1) is 7.54. The summed E-state index contributed by atoms with van der Waals surface area (Å²) in [5.74, 6) is -1.83. The van der Waals surface area contributed by atoms with Gasteiger partial charge in [-0.2, -0.15) is 8.78 Å². The van der Waals surface area contributed by atoms with Gasteiger partial charge in [-0.15, -0.1) is 11.6 Å². The maximum atomic E-state index is 13.0.